The summed E-state index contributed by atoms with van der Waals surface area (Å²) >= 11 is 0. The molecule has 0 radical (unpaired) electrons. The third-order valence-corrected chi connectivity index (χ3v) is 4.50. The molecule has 26 heavy (non-hydrogen) atoms. The predicted octanol–water partition coefficient (Wildman–Crippen LogP) is 6.20. The number of benzene rings is 1. The Morgan fingerprint density at radius 1 is 0.962 bits per heavy atom. The molecular weight excluding hydrogens is 337 g/mol. The largest absolute Gasteiger partial charge is 0.416 e. The van der Waals surface area contributed by atoms with Gasteiger partial charge in [0, 0.05) is 5.56 Å². The maximum atomic E-state index is 12.7. The number of pyridine rings is 1. The van der Waals surface area contributed by atoms with Gasteiger partial charge in [0.05, 0.1) is 23.0 Å². The molecule has 1 heterocycles. The number of halogens is 3. The van der Waals surface area contributed by atoms with E-state index in [1.54, 1.807) is 0 Å². The number of aromatic nitrogens is 1. The van der Waals surface area contributed by atoms with Gasteiger partial charge in [-0.05, 0) is 50.7 Å². The summed E-state index contributed by atoms with van der Waals surface area (Å²) in [6, 6.07) is 11.1. The quantitative estimate of drug-likeness (QED) is 0.582. The first-order chi connectivity index (χ1) is 12.2. The molecule has 1 aromatic heterocycles. The van der Waals surface area contributed by atoms with Crippen LogP contribution in [0.2, 0.25) is 0 Å². The minimum absolute atomic E-state index is 0.197. The molecule has 2 nitrogen and oxygen atoms in total. The van der Waals surface area contributed by atoms with Gasteiger partial charge < -0.3 is 4.90 Å². The van der Waals surface area contributed by atoms with Crippen molar-refractivity contribution in [1.29, 1.82) is 0 Å². The van der Waals surface area contributed by atoms with Gasteiger partial charge in [0.2, 0.25) is 0 Å². The Morgan fingerprint density at radius 3 is 2.15 bits per heavy atom. The highest BCUT2D eigenvalue weighted by atomic mass is 19.4. The molecule has 1 aromatic carbocycles. The molecule has 0 fully saturated rings. The van der Waals surface area contributed by atoms with Crippen LogP contribution in [0.15, 0.2) is 42.5 Å². The Labute approximate surface area is 154 Å². The van der Waals surface area contributed by atoms with Crippen LogP contribution in [-0.4, -0.2) is 24.0 Å². The van der Waals surface area contributed by atoms with Gasteiger partial charge in [0.1, 0.15) is 0 Å². The Balaban J connectivity index is 2.22. The van der Waals surface area contributed by atoms with E-state index in [2.05, 4.69) is 18.7 Å². The molecule has 0 bridgehead atoms. The lowest BCUT2D eigenvalue weighted by atomic mass is 9.99. The molecule has 2 aromatic rings. The topological polar surface area (TPSA) is 16.1 Å². The first-order valence-electron chi connectivity index (χ1n) is 8.99. The lowest BCUT2D eigenvalue weighted by molar-refractivity contribution is -0.137. The molecule has 0 aliphatic rings. The van der Waals surface area contributed by atoms with Crippen molar-refractivity contribution >= 4 is 0 Å². The summed E-state index contributed by atoms with van der Waals surface area (Å²) in [5.74, 6) is 0.671. The molecule has 0 N–H and O–H groups in total. The molecule has 1 unspecified atom stereocenters. The number of rotatable bonds is 7. The highest BCUT2D eigenvalue weighted by Crippen LogP contribution is 2.31. The van der Waals surface area contributed by atoms with Gasteiger partial charge in [-0.1, -0.05) is 44.9 Å². The molecule has 0 saturated carbocycles. The van der Waals surface area contributed by atoms with E-state index in [4.69, 9.17) is 4.98 Å². The Bertz CT molecular complexity index is 691. The van der Waals surface area contributed by atoms with Crippen molar-refractivity contribution in [3.05, 3.63) is 53.7 Å². The molecular formula is C21H27F3N2. The van der Waals surface area contributed by atoms with E-state index in [0.717, 1.165) is 30.7 Å². The maximum Gasteiger partial charge on any atom is 0.416 e. The van der Waals surface area contributed by atoms with Crippen molar-refractivity contribution in [2.45, 2.75) is 45.3 Å². The molecule has 0 spiro atoms. The predicted molar refractivity (Wildman–Crippen MR) is 99.8 cm³/mol. The Morgan fingerprint density at radius 2 is 1.62 bits per heavy atom. The molecule has 142 valence electrons. The van der Waals surface area contributed by atoms with E-state index in [0.29, 0.717) is 17.2 Å². The lowest BCUT2D eigenvalue weighted by Crippen LogP contribution is -2.21. The SMILES string of the molecule is CC(C)CCCC(c1cccc(-c2ccc(C(F)(F)F)cc2)n1)N(C)C. The monoisotopic (exact) mass is 364 g/mol. The van der Waals surface area contributed by atoms with Gasteiger partial charge in [-0.2, -0.15) is 13.2 Å². The highest BCUT2D eigenvalue weighted by molar-refractivity contribution is 5.59. The fourth-order valence-corrected chi connectivity index (χ4v) is 3.02. The van der Waals surface area contributed by atoms with Gasteiger partial charge in [-0.15, -0.1) is 0 Å². The molecule has 5 heteroatoms. The molecule has 0 amide bonds. The van der Waals surface area contributed by atoms with Crippen LogP contribution in [0, 0.1) is 5.92 Å². The van der Waals surface area contributed by atoms with E-state index in [1.165, 1.54) is 18.6 Å². The summed E-state index contributed by atoms with van der Waals surface area (Å²) in [5.41, 5.74) is 1.71. The van der Waals surface area contributed by atoms with Crippen molar-refractivity contribution < 1.29 is 13.2 Å². The second kappa shape index (κ2) is 8.67. The van der Waals surface area contributed by atoms with Crippen molar-refractivity contribution in [3.63, 3.8) is 0 Å². The van der Waals surface area contributed by atoms with Gasteiger partial charge in [0.15, 0.2) is 0 Å². The average molecular weight is 364 g/mol. The van der Waals surface area contributed by atoms with E-state index in [-0.39, 0.29) is 6.04 Å². The van der Waals surface area contributed by atoms with Gasteiger partial charge in [-0.3, -0.25) is 4.98 Å². The fraction of sp³-hybridized carbons (Fsp3) is 0.476. The van der Waals surface area contributed by atoms with E-state index < -0.39 is 11.7 Å². The molecule has 0 aliphatic carbocycles. The van der Waals surface area contributed by atoms with Crippen LogP contribution in [0.4, 0.5) is 13.2 Å². The summed E-state index contributed by atoms with van der Waals surface area (Å²) in [4.78, 5) is 6.88. The standard InChI is InChI=1S/C21H27F3N2/c1-15(2)7-5-10-20(26(3)4)19-9-6-8-18(25-19)16-11-13-17(14-12-16)21(22,23)24/h6,8-9,11-15,20H,5,7,10H2,1-4H3. The average Bonchev–Trinajstić information content (AvgIpc) is 2.57. The lowest BCUT2D eigenvalue weighted by Gasteiger charge is -2.24. The van der Waals surface area contributed by atoms with Crippen molar-refractivity contribution in [2.75, 3.05) is 14.1 Å². The molecule has 0 aliphatic heterocycles. The van der Waals surface area contributed by atoms with Crippen LogP contribution in [0.3, 0.4) is 0 Å². The number of nitrogens with zero attached hydrogens (tertiary/aromatic N) is 2. The Kier molecular flexibility index (Phi) is 6.81. The van der Waals surface area contributed by atoms with Gasteiger partial charge in [0.25, 0.3) is 0 Å². The van der Waals surface area contributed by atoms with Crippen molar-refractivity contribution in [2.24, 2.45) is 5.92 Å². The van der Waals surface area contributed by atoms with Crippen LogP contribution in [0.25, 0.3) is 11.3 Å². The van der Waals surface area contributed by atoms with Crippen LogP contribution >= 0.6 is 0 Å². The van der Waals surface area contributed by atoms with Crippen LogP contribution in [0.5, 0.6) is 0 Å². The first kappa shape index (κ1) is 20.4. The summed E-state index contributed by atoms with van der Waals surface area (Å²) in [5, 5.41) is 0. The third kappa shape index (κ3) is 5.56. The van der Waals surface area contributed by atoms with Crippen LogP contribution in [0.1, 0.15) is 50.4 Å². The molecule has 2 rings (SSSR count). The summed E-state index contributed by atoms with van der Waals surface area (Å²) < 4.78 is 38.2. The van der Waals surface area contributed by atoms with E-state index in [1.807, 2.05) is 32.3 Å². The minimum atomic E-state index is -4.32. The first-order valence-corrected chi connectivity index (χ1v) is 8.99. The number of alkyl halides is 3. The maximum absolute atomic E-state index is 12.7. The zero-order valence-electron chi connectivity index (χ0n) is 15.8. The summed E-state index contributed by atoms with van der Waals surface area (Å²) in [6.07, 6.45) is -1.02. The van der Waals surface area contributed by atoms with E-state index in [9.17, 15) is 13.2 Å². The molecule has 1 atom stereocenters. The zero-order chi connectivity index (χ0) is 19.3. The van der Waals surface area contributed by atoms with E-state index >= 15 is 0 Å². The van der Waals surface area contributed by atoms with Crippen LogP contribution < -0.4 is 0 Å². The van der Waals surface area contributed by atoms with Crippen molar-refractivity contribution in [3.8, 4) is 11.3 Å². The third-order valence-electron chi connectivity index (χ3n) is 4.50. The zero-order valence-corrected chi connectivity index (χ0v) is 15.8. The molecule has 0 saturated heterocycles. The normalized spacial score (nSPS) is 13.4. The van der Waals surface area contributed by atoms with Gasteiger partial charge >= 0.3 is 6.18 Å². The minimum Gasteiger partial charge on any atom is -0.301 e. The fourth-order valence-electron chi connectivity index (χ4n) is 3.02. The Hall–Kier alpha value is -1.88. The second-order valence-corrected chi connectivity index (χ2v) is 7.33. The highest BCUT2D eigenvalue weighted by Gasteiger charge is 2.30. The number of hydrogen-bond acceptors (Lipinski definition) is 2. The van der Waals surface area contributed by atoms with Gasteiger partial charge in [-0.25, -0.2) is 0 Å². The summed E-state index contributed by atoms with van der Waals surface area (Å²) in [7, 11) is 4.07. The van der Waals surface area contributed by atoms with Crippen molar-refractivity contribution in [1.82, 2.24) is 9.88 Å². The summed E-state index contributed by atoms with van der Waals surface area (Å²) in [6.45, 7) is 4.43. The number of hydrogen-bond donors (Lipinski definition) is 0. The second-order valence-electron chi connectivity index (χ2n) is 7.33. The van der Waals surface area contributed by atoms with Crippen LogP contribution in [-0.2, 0) is 6.18 Å². The smallest absolute Gasteiger partial charge is 0.301 e.